The van der Waals surface area contributed by atoms with Crippen LogP contribution in [0, 0.1) is 0 Å². The number of hydrogen-bond donors (Lipinski definition) is 1. The normalized spacial score (nSPS) is 11.0. The Morgan fingerprint density at radius 3 is 2.39 bits per heavy atom. The Balaban J connectivity index is 1.88. The van der Waals surface area contributed by atoms with Crippen molar-refractivity contribution in [2.45, 2.75) is 0 Å². The average Bonchev–Trinajstić information content (AvgIpc) is 3.01. The predicted molar refractivity (Wildman–Crippen MR) is 97.0 cm³/mol. The molecule has 0 atom stereocenters. The number of benzene rings is 2. The summed E-state index contributed by atoms with van der Waals surface area (Å²) in [4.78, 5) is 7.75. The number of hydrogen-bond acceptors (Lipinski definition) is 1. The Bertz CT molecular complexity index is 991. The lowest BCUT2D eigenvalue weighted by atomic mass is 10.0. The molecule has 2 aromatic heterocycles. The first-order chi connectivity index (χ1) is 11.2. The predicted octanol–water partition coefficient (Wildman–Crippen LogP) is 6.20. The second kappa shape index (κ2) is 5.73. The molecule has 0 spiro atoms. The minimum absolute atomic E-state index is 0.543. The number of fused-ring (bicyclic) bond motifs is 1. The van der Waals surface area contributed by atoms with Crippen molar-refractivity contribution in [3.8, 4) is 22.3 Å². The van der Waals surface area contributed by atoms with E-state index in [0.29, 0.717) is 10.0 Å². The molecular weight excluding hydrogens is 327 g/mol. The molecule has 2 aromatic carbocycles. The molecule has 1 N–H and O–H groups in total. The molecule has 0 fully saturated rings. The Labute approximate surface area is 143 Å². The lowest BCUT2D eigenvalue weighted by Gasteiger charge is -2.05. The van der Waals surface area contributed by atoms with E-state index in [1.807, 2.05) is 42.7 Å². The molecule has 0 amide bonds. The second-order valence-corrected chi connectivity index (χ2v) is 6.13. The van der Waals surface area contributed by atoms with Gasteiger partial charge in [-0.05, 0) is 29.3 Å². The number of pyridine rings is 1. The van der Waals surface area contributed by atoms with Gasteiger partial charge in [-0.2, -0.15) is 0 Å². The quantitative estimate of drug-likeness (QED) is 0.462. The van der Waals surface area contributed by atoms with E-state index >= 15 is 0 Å². The molecule has 23 heavy (non-hydrogen) atoms. The molecule has 0 radical (unpaired) electrons. The van der Waals surface area contributed by atoms with E-state index in [1.54, 1.807) is 6.07 Å². The SMILES string of the molecule is Clc1ccc(-c2cnc3[nH]cc(-c4ccccc4)c3c2)cc1Cl. The van der Waals surface area contributed by atoms with Gasteiger partial charge in [-0.25, -0.2) is 4.98 Å². The van der Waals surface area contributed by atoms with E-state index < -0.39 is 0 Å². The van der Waals surface area contributed by atoms with Gasteiger partial charge in [0.15, 0.2) is 0 Å². The van der Waals surface area contributed by atoms with Crippen molar-refractivity contribution in [1.82, 2.24) is 9.97 Å². The highest BCUT2D eigenvalue weighted by molar-refractivity contribution is 6.42. The van der Waals surface area contributed by atoms with Crippen LogP contribution in [-0.2, 0) is 0 Å². The zero-order valence-electron chi connectivity index (χ0n) is 12.1. The Hall–Kier alpha value is -2.29. The lowest BCUT2D eigenvalue weighted by molar-refractivity contribution is 1.33. The molecular formula is C19H12Cl2N2. The first-order valence-electron chi connectivity index (χ1n) is 7.20. The van der Waals surface area contributed by atoms with E-state index in [9.17, 15) is 0 Å². The Kier molecular flexibility index (Phi) is 3.56. The molecule has 2 nitrogen and oxygen atoms in total. The third-order valence-corrected chi connectivity index (χ3v) is 4.61. The smallest absolute Gasteiger partial charge is 0.137 e. The lowest BCUT2D eigenvalue weighted by Crippen LogP contribution is -1.83. The van der Waals surface area contributed by atoms with Gasteiger partial charge in [-0.3, -0.25) is 0 Å². The van der Waals surface area contributed by atoms with Crippen LogP contribution in [0.15, 0.2) is 67.0 Å². The average molecular weight is 339 g/mol. The second-order valence-electron chi connectivity index (χ2n) is 5.32. The maximum Gasteiger partial charge on any atom is 0.137 e. The fraction of sp³-hybridized carbons (Fsp3) is 0. The van der Waals surface area contributed by atoms with Gasteiger partial charge < -0.3 is 4.98 Å². The summed E-state index contributed by atoms with van der Waals surface area (Å²) in [7, 11) is 0. The van der Waals surface area contributed by atoms with Crippen LogP contribution in [0.4, 0.5) is 0 Å². The van der Waals surface area contributed by atoms with Gasteiger partial charge in [-0.1, -0.05) is 59.6 Å². The standard InChI is InChI=1S/C19H12Cl2N2/c20-17-7-6-13(9-18(17)21)14-8-15-16(11-23-19(15)22-10-14)12-4-2-1-3-5-12/h1-11H,(H,22,23). The van der Waals surface area contributed by atoms with Gasteiger partial charge in [0, 0.05) is 28.9 Å². The number of halogens is 2. The van der Waals surface area contributed by atoms with E-state index in [0.717, 1.165) is 33.3 Å². The van der Waals surface area contributed by atoms with Crippen LogP contribution in [0.5, 0.6) is 0 Å². The van der Waals surface area contributed by atoms with Gasteiger partial charge in [0.2, 0.25) is 0 Å². The van der Waals surface area contributed by atoms with Crippen molar-refractivity contribution in [3.63, 3.8) is 0 Å². The number of rotatable bonds is 2. The highest BCUT2D eigenvalue weighted by Gasteiger charge is 2.09. The molecule has 0 aliphatic heterocycles. The van der Waals surface area contributed by atoms with E-state index in [2.05, 4.69) is 28.2 Å². The first-order valence-corrected chi connectivity index (χ1v) is 7.96. The third kappa shape index (κ3) is 2.61. The van der Waals surface area contributed by atoms with E-state index in [1.165, 1.54) is 0 Å². The van der Waals surface area contributed by atoms with Crippen molar-refractivity contribution in [2.24, 2.45) is 0 Å². The summed E-state index contributed by atoms with van der Waals surface area (Å²) in [6.45, 7) is 0. The zero-order chi connectivity index (χ0) is 15.8. The number of nitrogens with one attached hydrogen (secondary N) is 1. The number of H-pyrrole nitrogens is 1. The summed E-state index contributed by atoms with van der Waals surface area (Å²) in [5.74, 6) is 0. The van der Waals surface area contributed by atoms with Gasteiger partial charge in [0.25, 0.3) is 0 Å². The fourth-order valence-corrected chi connectivity index (χ4v) is 2.99. The van der Waals surface area contributed by atoms with Crippen LogP contribution in [0.25, 0.3) is 33.3 Å². The largest absolute Gasteiger partial charge is 0.346 e. The van der Waals surface area contributed by atoms with E-state index in [-0.39, 0.29) is 0 Å². The van der Waals surface area contributed by atoms with Crippen LogP contribution in [0.2, 0.25) is 10.0 Å². The third-order valence-electron chi connectivity index (χ3n) is 3.87. The fourth-order valence-electron chi connectivity index (χ4n) is 2.69. The van der Waals surface area contributed by atoms with Crippen LogP contribution >= 0.6 is 23.2 Å². The minimum Gasteiger partial charge on any atom is -0.346 e. The molecule has 0 aliphatic rings. The Morgan fingerprint density at radius 2 is 1.61 bits per heavy atom. The summed E-state index contributed by atoms with van der Waals surface area (Å²) >= 11 is 12.1. The minimum atomic E-state index is 0.543. The summed E-state index contributed by atoms with van der Waals surface area (Å²) in [6.07, 6.45) is 3.83. The van der Waals surface area contributed by atoms with E-state index in [4.69, 9.17) is 23.2 Å². The van der Waals surface area contributed by atoms with Crippen LogP contribution in [0.3, 0.4) is 0 Å². The topological polar surface area (TPSA) is 28.7 Å². The summed E-state index contributed by atoms with van der Waals surface area (Å²) < 4.78 is 0. The van der Waals surface area contributed by atoms with Crippen LogP contribution in [-0.4, -0.2) is 9.97 Å². The molecule has 4 rings (SSSR count). The maximum absolute atomic E-state index is 6.13. The van der Waals surface area contributed by atoms with Crippen molar-refractivity contribution >= 4 is 34.2 Å². The molecule has 4 aromatic rings. The molecule has 0 saturated heterocycles. The van der Waals surface area contributed by atoms with Gasteiger partial charge in [0.05, 0.1) is 10.0 Å². The molecule has 0 bridgehead atoms. The number of aromatic amines is 1. The zero-order valence-corrected chi connectivity index (χ0v) is 13.6. The molecule has 4 heteroatoms. The van der Waals surface area contributed by atoms with Crippen LogP contribution in [0.1, 0.15) is 0 Å². The molecule has 0 saturated carbocycles. The van der Waals surface area contributed by atoms with Gasteiger partial charge in [0.1, 0.15) is 5.65 Å². The van der Waals surface area contributed by atoms with Crippen molar-refractivity contribution in [2.75, 3.05) is 0 Å². The van der Waals surface area contributed by atoms with Crippen molar-refractivity contribution in [1.29, 1.82) is 0 Å². The first kappa shape index (κ1) is 14.3. The van der Waals surface area contributed by atoms with Gasteiger partial charge in [-0.15, -0.1) is 0 Å². The maximum atomic E-state index is 6.13. The molecule has 112 valence electrons. The number of nitrogens with zero attached hydrogens (tertiary/aromatic N) is 1. The van der Waals surface area contributed by atoms with Gasteiger partial charge >= 0.3 is 0 Å². The summed E-state index contributed by atoms with van der Waals surface area (Å²) in [5.41, 5.74) is 5.16. The summed E-state index contributed by atoms with van der Waals surface area (Å²) in [6, 6.07) is 18.0. The van der Waals surface area contributed by atoms with Crippen LogP contribution < -0.4 is 0 Å². The summed E-state index contributed by atoms with van der Waals surface area (Å²) in [5, 5.41) is 2.18. The molecule has 0 unspecified atom stereocenters. The molecule has 0 aliphatic carbocycles. The van der Waals surface area contributed by atoms with Crippen molar-refractivity contribution < 1.29 is 0 Å². The monoisotopic (exact) mass is 338 g/mol. The number of aromatic nitrogens is 2. The highest BCUT2D eigenvalue weighted by atomic mass is 35.5. The molecule has 2 heterocycles. The van der Waals surface area contributed by atoms with Crippen molar-refractivity contribution in [3.05, 3.63) is 77.0 Å². The highest BCUT2D eigenvalue weighted by Crippen LogP contribution is 2.33. The Morgan fingerprint density at radius 1 is 0.783 bits per heavy atom.